The topological polar surface area (TPSA) is 37.3 Å². The zero-order valence-electron chi connectivity index (χ0n) is 14.2. The predicted molar refractivity (Wildman–Crippen MR) is 90.5 cm³/mol. The first-order valence-corrected chi connectivity index (χ1v) is 9.48. The minimum atomic E-state index is -0.893. The average molecular weight is 312 g/mol. The number of carbonyl (C=O) groups excluding carboxylic acids is 1. The van der Waals surface area contributed by atoms with E-state index in [1.165, 1.54) is 18.4 Å². The molecule has 0 heterocycles. The fraction of sp³-hybridized carbons (Fsp3) is 0.762. The van der Waals surface area contributed by atoms with Crippen LogP contribution in [0.3, 0.4) is 0 Å². The Morgan fingerprint density at radius 2 is 2.04 bits per heavy atom. The molecule has 3 saturated carbocycles. The Morgan fingerprint density at radius 3 is 2.78 bits per heavy atom. The smallest absolute Gasteiger partial charge is 0.155 e. The van der Waals surface area contributed by atoms with Crippen molar-refractivity contribution in [3.63, 3.8) is 0 Å². The highest BCUT2D eigenvalue weighted by Gasteiger charge is 2.63. The van der Waals surface area contributed by atoms with Crippen molar-refractivity contribution in [3.05, 3.63) is 11.6 Å². The van der Waals surface area contributed by atoms with Crippen molar-refractivity contribution in [3.8, 4) is 12.3 Å². The van der Waals surface area contributed by atoms with Crippen LogP contribution in [0.4, 0.5) is 0 Å². The van der Waals surface area contributed by atoms with Gasteiger partial charge >= 0.3 is 0 Å². The SMILES string of the molecule is C#CC1(O)CC[C@H]2[C@@H]3CCC4=CC(=O)CC[C@@H]4[C@H]3CC[C@]21CC. The lowest BCUT2D eigenvalue weighted by atomic mass is 9.49. The molecule has 124 valence electrons. The molecule has 1 N–H and O–H groups in total. The average Bonchev–Trinajstić information content (AvgIpc) is 2.88. The van der Waals surface area contributed by atoms with Crippen molar-refractivity contribution < 1.29 is 9.90 Å². The van der Waals surface area contributed by atoms with Crippen LogP contribution in [0, 0.1) is 41.4 Å². The van der Waals surface area contributed by atoms with Gasteiger partial charge in [-0.3, -0.25) is 4.79 Å². The van der Waals surface area contributed by atoms with Gasteiger partial charge in [-0.25, -0.2) is 0 Å². The maximum atomic E-state index is 11.8. The molecule has 0 amide bonds. The molecule has 0 bridgehead atoms. The minimum absolute atomic E-state index is 0.0609. The quantitative estimate of drug-likeness (QED) is 0.746. The normalized spacial score (nSPS) is 48.7. The van der Waals surface area contributed by atoms with E-state index in [9.17, 15) is 9.90 Å². The summed E-state index contributed by atoms with van der Waals surface area (Å²) in [5.74, 6) is 5.73. The number of hydrogen-bond acceptors (Lipinski definition) is 2. The molecule has 0 radical (unpaired) electrons. The minimum Gasteiger partial charge on any atom is -0.377 e. The van der Waals surface area contributed by atoms with Gasteiger partial charge in [0.15, 0.2) is 5.78 Å². The van der Waals surface area contributed by atoms with Gasteiger partial charge in [0.1, 0.15) is 5.60 Å². The molecule has 1 unspecified atom stereocenters. The van der Waals surface area contributed by atoms with Gasteiger partial charge in [-0.15, -0.1) is 6.42 Å². The van der Waals surface area contributed by atoms with Gasteiger partial charge in [0.05, 0.1) is 0 Å². The van der Waals surface area contributed by atoms with E-state index >= 15 is 0 Å². The Labute approximate surface area is 139 Å². The van der Waals surface area contributed by atoms with Gasteiger partial charge in [0, 0.05) is 11.8 Å². The van der Waals surface area contributed by atoms with Gasteiger partial charge in [-0.2, -0.15) is 0 Å². The van der Waals surface area contributed by atoms with Crippen molar-refractivity contribution >= 4 is 5.78 Å². The number of rotatable bonds is 1. The highest BCUT2D eigenvalue weighted by Crippen LogP contribution is 2.66. The molecule has 2 nitrogen and oxygen atoms in total. The molecule has 4 aliphatic carbocycles. The third-order valence-electron chi connectivity index (χ3n) is 8.02. The van der Waals surface area contributed by atoms with Crippen LogP contribution in [0.1, 0.15) is 64.7 Å². The van der Waals surface area contributed by atoms with E-state index < -0.39 is 5.60 Å². The van der Waals surface area contributed by atoms with Crippen LogP contribution in [0.2, 0.25) is 0 Å². The first-order chi connectivity index (χ1) is 11.0. The van der Waals surface area contributed by atoms with Gasteiger partial charge < -0.3 is 5.11 Å². The van der Waals surface area contributed by atoms with Crippen LogP contribution in [0.25, 0.3) is 0 Å². The lowest BCUT2D eigenvalue weighted by Crippen LogP contribution is -2.53. The lowest BCUT2D eigenvalue weighted by Gasteiger charge is -2.55. The summed E-state index contributed by atoms with van der Waals surface area (Å²) in [5, 5.41) is 11.1. The first kappa shape index (κ1) is 15.5. The second-order valence-electron chi connectivity index (χ2n) is 8.40. The molecule has 0 saturated heterocycles. The molecule has 0 aromatic heterocycles. The maximum absolute atomic E-state index is 11.8. The number of hydrogen-bond donors (Lipinski definition) is 1. The summed E-state index contributed by atoms with van der Waals surface area (Å²) < 4.78 is 0. The largest absolute Gasteiger partial charge is 0.377 e. The zero-order chi connectivity index (χ0) is 16.2. The Kier molecular flexibility index (Phi) is 3.50. The molecular weight excluding hydrogens is 284 g/mol. The molecule has 23 heavy (non-hydrogen) atoms. The van der Waals surface area contributed by atoms with E-state index in [0.717, 1.165) is 44.9 Å². The van der Waals surface area contributed by atoms with Crippen molar-refractivity contribution in [2.24, 2.45) is 29.1 Å². The third kappa shape index (κ3) is 1.96. The molecule has 0 aromatic carbocycles. The fourth-order valence-electron chi connectivity index (χ4n) is 6.96. The van der Waals surface area contributed by atoms with E-state index in [1.807, 2.05) is 6.08 Å². The van der Waals surface area contributed by atoms with Crippen LogP contribution in [-0.4, -0.2) is 16.5 Å². The Hall–Kier alpha value is -1.07. The summed E-state index contributed by atoms with van der Waals surface area (Å²) in [6, 6.07) is 0. The molecule has 0 aromatic rings. The fourth-order valence-corrected chi connectivity index (χ4v) is 6.96. The summed E-state index contributed by atoms with van der Waals surface area (Å²) in [4.78, 5) is 11.8. The molecule has 4 aliphatic rings. The summed E-state index contributed by atoms with van der Waals surface area (Å²) in [6.07, 6.45) is 16.9. The van der Waals surface area contributed by atoms with Crippen LogP contribution in [-0.2, 0) is 4.79 Å². The van der Waals surface area contributed by atoms with Gasteiger partial charge in [-0.05, 0) is 81.1 Å². The summed E-state index contributed by atoms with van der Waals surface area (Å²) in [5.41, 5.74) is 0.474. The lowest BCUT2D eigenvalue weighted by molar-refractivity contribution is -0.117. The highest BCUT2D eigenvalue weighted by molar-refractivity contribution is 5.91. The number of carbonyl (C=O) groups is 1. The second kappa shape index (κ2) is 5.21. The van der Waals surface area contributed by atoms with E-state index in [1.54, 1.807) is 0 Å². The summed E-state index contributed by atoms with van der Waals surface area (Å²) in [6.45, 7) is 2.22. The molecule has 4 rings (SSSR count). The van der Waals surface area contributed by atoms with E-state index in [0.29, 0.717) is 29.5 Å². The van der Waals surface area contributed by atoms with Crippen molar-refractivity contribution in [1.29, 1.82) is 0 Å². The van der Waals surface area contributed by atoms with Crippen LogP contribution in [0.5, 0.6) is 0 Å². The Morgan fingerprint density at radius 1 is 1.22 bits per heavy atom. The molecular formula is C21H28O2. The molecule has 6 atom stereocenters. The number of terminal acetylenes is 1. The van der Waals surface area contributed by atoms with Crippen LogP contribution < -0.4 is 0 Å². The number of fused-ring (bicyclic) bond motifs is 5. The van der Waals surface area contributed by atoms with Gasteiger partial charge in [0.2, 0.25) is 0 Å². The highest BCUT2D eigenvalue weighted by atomic mass is 16.3. The molecule has 0 aliphatic heterocycles. The van der Waals surface area contributed by atoms with E-state index in [-0.39, 0.29) is 5.41 Å². The van der Waals surface area contributed by atoms with Gasteiger partial charge in [0.25, 0.3) is 0 Å². The van der Waals surface area contributed by atoms with Crippen LogP contribution >= 0.6 is 0 Å². The monoisotopic (exact) mass is 312 g/mol. The van der Waals surface area contributed by atoms with Crippen molar-refractivity contribution in [2.75, 3.05) is 0 Å². The second-order valence-corrected chi connectivity index (χ2v) is 8.40. The number of aliphatic hydroxyl groups is 1. The van der Waals surface area contributed by atoms with E-state index in [4.69, 9.17) is 6.42 Å². The van der Waals surface area contributed by atoms with E-state index in [2.05, 4.69) is 12.8 Å². The van der Waals surface area contributed by atoms with Crippen molar-refractivity contribution in [1.82, 2.24) is 0 Å². The van der Waals surface area contributed by atoms with Gasteiger partial charge in [-0.1, -0.05) is 18.4 Å². The van der Waals surface area contributed by atoms with Crippen molar-refractivity contribution in [2.45, 2.75) is 70.3 Å². The Bertz CT molecular complexity index is 597. The van der Waals surface area contributed by atoms with Crippen LogP contribution in [0.15, 0.2) is 11.6 Å². The molecule has 3 fully saturated rings. The zero-order valence-corrected chi connectivity index (χ0v) is 14.2. The summed E-state index contributed by atoms with van der Waals surface area (Å²) in [7, 11) is 0. The number of ketones is 1. The standard InChI is InChI=1S/C21H28O2/c1-3-20-11-9-17-16-8-6-15(22)13-14(16)5-7-18(17)19(20)10-12-21(20,23)4-2/h2,13,16-19,23H,3,5-12H2,1H3/t16-,17+,18+,19-,20+,21?/m0/s1. The molecule has 0 spiro atoms. The third-order valence-corrected chi connectivity index (χ3v) is 8.02. The first-order valence-electron chi connectivity index (χ1n) is 9.48. The predicted octanol–water partition coefficient (Wildman–Crippen LogP) is 3.88. The number of allylic oxidation sites excluding steroid dienone is 1. The Balaban J connectivity index is 1.67. The molecule has 2 heteroatoms. The maximum Gasteiger partial charge on any atom is 0.155 e. The summed E-state index contributed by atoms with van der Waals surface area (Å²) >= 11 is 0.